The van der Waals surface area contributed by atoms with Gasteiger partial charge in [-0.1, -0.05) is 0 Å². The standard InChI is InChI=1S/C14H19N3O2.ClH/c1-14(2,8-15)17-13(19)10-3-5-11-9(7-10)4-6-12(18)16-11;/h3,5,7H,4,6,8,15H2,1-2H3,(H,16,18)(H,17,19);1H. The van der Waals surface area contributed by atoms with E-state index < -0.39 is 5.54 Å². The molecule has 20 heavy (non-hydrogen) atoms. The van der Waals surface area contributed by atoms with E-state index in [-0.39, 0.29) is 24.2 Å². The minimum absolute atomic E-state index is 0. The molecule has 1 aromatic carbocycles. The molecule has 110 valence electrons. The van der Waals surface area contributed by atoms with Crippen molar-refractivity contribution >= 4 is 29.9 Å². The molecule has 1 aliphatic rings. The molecule has 0 saturated carbocycles. The van der Waals surface area contributed by atoms with Crippen LogP contribution >= 0.6 is 12.4 Å². The van der Waals surface area contributed by atoms with Gasteiger partial charge in [-0.05, 0) is 44.0 Å². The van der Waals surface area contributed by atoms with E-state index in [0.717, 1.165) is 11.3 Å². The Morgan fingerprint density at radius 1 is 1.40 bits per heavy atom. The molecule has 0 fully saturated rings. The highest BCUT2D eigenvalue weighted by molar-refractivity contribution is 5.98. The van der Waals surface area contributed by atoms with E-state index in [1.807, 2.05) is 19.9 Å². The Kier molecular flexibility index (Phi) is 5.14. The quantitative estimate of drug-likeness (QED) is 0.790. The summed E-state index contributed by atoms with van der Waals surface area (Å²) in [5.41, 5.74) is 7.56. The van der Waals surface area contributed by atoms with Crippen molar-refractivity contribution in [3.05, 3.63) is 29.3 Å². The number of amides is 2. The molecule has 0 radical (unpaired) electrons. The Hall–Kier alpha value is -1.59. The molecule has 4 N–H and O–H groups in total. The number of halogens is 1. The summed E-state index contributed by atoms with van der Waals surface area (Å²) in [6, 6.07) is 5.32. The van der Waals surface area contributed by atoms with Crippen LogP contribution in [-0.4, -0.2) is 23.9 Å². The average molecular weight is 298 g/mol. The van der Waals surface area contributed by atoms with Crippen LogP contribution in [0.3, 0.4) is 0 Å². The number of rotatable bonds is 3. The second kappa shape index (κ2) is 6.24. The largest absolute Gasteiger partial charge is 0.346 e. The van der Waals surface area contributed by atoms with E-state index in [1.54, 1.807) is 12.1 Å². The van der Waals surface area contributed by atoms with Crippen LogP contribution in [0.5, 0.6) is 0 Å². The lowest BCUT2D eigenvalue weighted by molar-refractivity contribution is -0.116. The van der Waals surface area contributed by atoms with Gasteiger partial charge in [-0.15, -0.1) is 12.4 Å². The van der Waals surface area contributed by atoms with Gasteiger partial charge in [0.25, 0.3) is 5.91 Å². The first-order chi connectivity index (χ1) is 8.91. The summed E-state index contributed by atoms with van der Waals surface area (Å²) >= 11 is 0. The second-order valence-corrected chi connectivity index (χ2v) is 5.46. The summed E-state index contributed by atoms with van der Waals surface area (Å²) in [6.07, 6.45) is 1.13. The number of carbonyl (C=O) groups is 2. The molecule has 1 heterocycles. The molecule has 0 aromatic heterocycles. The van der Waals surface area contributed by atoms with Gasteiger partial charge in [-0.25, -0.2) is 0 Å². The topological polar surface area (TPSA) is 84.2 Å². The van der Waals surface area contributed by atoms with Gasteiger partial charge in [-0.3, -0.25) is 9.59 Å². The first-order valence-corrected chi connectivity index (χ1v) is 6.37. The van der Waals surface area contributed by atoms with Crippen molar-refractivity contribution in [1.82, 2.24) is 5.32 Å². The number of nitrogens with two attached hydrogens (primary N) is 1. The maximum Gasteiger partial charge on any atom is 0.251 e. The SMILES string of the molecule is CC(C)(CN)NC(=O)c1ccc2c(c1)CCC(=O)N2.Cl. The summed E-state index contributed by atoms with van der Waals surface area (Å²) in [7, 11) is 0. The number of hydrogen-bond acceptors (Lipinski definition) is 3. The van der Waals surface area contributed by atoms with Crippen LogP contribution in [0.25, 0.3) is 0 Å². The van der Waals surface area contributed by atoms with Crippen LogP contribution in [-0.2, 0) is 11.2 Å². The number of hydrogen-bond donors (Lipinski definition) is 3. The zero-order chi connectivity index (χ0) is 14.0. The van der Waals surface area contributed by atoms with Crippen LogP contribution in [0.4, 0.5) is 5.69 Å². The molecule has 0 unspecified atom stereocenters. The molecular weight excluding hydrogens is 278 g/mol. The number of aryl methyl sites for hydroxylation is 1. The summed E-state index contributed by atoms with van der Waals surface area (Å²) in [4.78, 5) is 23.4. The van der Waals surface area contributed by atoms with Crippen molar-refractivity contribution in [2.24, 2.45) is 5.73 Å². The van der Waals surface area contributed by atoms with Gasteiger partial charge in [0, 0.05) is 29.8 Å². The van der Waals surface area contributed by atoms with E-state index >= 15 is 0 Å². The van der Waals surface area contributed by atoms with Crippen molar-refractivity contribution in [2.75, 3.05) is 11.9 Å². The third-order valence-corrected chi connectivity index (χ3v) is 3.23. The number of benzene rings is 1. The van der Waals surface area contributed by atoms with Crippen molar-refractivity contribution < 1.29 is 9.59 Å². The van der Waals surface area contributed by atoms with Crippen LogP contribution in [0.2, 0.25) is 0 Å². The molecule has 0 aliphatic carbocycles. The Balaban J connectivity index is 0.00000200. The molecule has 0 bridgehead atoms. The highest BCUT2D eigenvalue weighted by Crippen LogP contribution is 2.23. The molecule has 5 nitrogen and oxygen atoms in total. The highest BCUT2D eigenvalue weighted by atomic mass is 35.5. The van der Waals surface area contributed by atoms with Crippen LogP contribution in [0.1, 0.15) is 36.2 Å². The lowest BCUT2D eigenvalue weighted by atomic mass is 9.99. The molecule has 0 atom stereocenters. The van der Waals surface area contributed by atoms with Gasteiger partial charge in [0.05, 0.1) is 0 Å². The molecular formula is C14H20ClN3O2. The van der Waals surface area contributed by atoms with Crippen molar-refractivity contribution in [3.8, 4) is 0 Å². The minimum Gasteiger partial charge on any atom is -0.346 e. The summed E-state index contributed by atoms with van der Waals surface area (Å²) in [5, 5.41) is 5.68. The lowest BCUT2D eigenvalue weighted by Crippen LogP contribution is -2.48. The monoisotopic (exact) mass is 297 g/mol. The zero-order valence-corrected chi connectivity index (χ0v) is 12.5. The van der Waals surface area contributed by atoms with Crippen LogP contribution in [0.15, 0.2) is 18.2 Å². The van der Waals surface area contributed by atoms with Crippen molar-refractivity contribution in [2.45, 2.75) is 32.2 Å². The van der Waals surface area contributed by atoms with Crippen LogP contribution in [0, 0.1) is 0 Å². The summed E-state index contributed by atoms with van der Waals surface area (Å²) in [5.74, 6) is -0.121. The molecule has 2 rings (SSSR count). The Morgan fingerprint density at radius 3 is 2.75 bits per heavy atom. The van der Waals surface area contributed by atoms with Gasteiger partial charge in [0.2, 0.25) is 5.91 Å². The highest BCUT2D eigenvalue weighted by Gasteiger charge is 2.21. The van der Waals surface area contributed by atoms with Crippen molar-refractivity contribution in [3.63, 3.8) is 0 Å². The molecule has 0 saturated heterocycles. The first-order valence-electron chi connectivity index (χ1n) is 6.37. The molecule has 2 amide bonds. The fraction of sp³-hybridized carbons (Fsp3) is 0.429. The third-order valence-electron chi connectivity index (χ3n) is 3.23. The van der Waals surface area contributed by atoms with E-state index in [9.17, 15) is 9.59 Å². The fourth-order valence-corrected chi connectivity index (χ4v) is 1.96. The Bertz CT molecular complexity index is 529. The molecule has 6 heteroatoms. The fourth-order valence-electron chi connectivity index (χ4n) is 1.96. The van der Waals surface area contributed by atoms with Gasteiger partial charge in [0.15, 0.2) is 0 Å². The average Bonchev–Trinajstić information content (AvgIpc) is 2.37. The lowest BCUT2D eigenvalue weighted by Gasteiger charge is -2.24. The summed E-state index contributed by atoms with van der Waals surface area (Å²) in [6.45, 7) is 4.13. The van der Waals surface area contributed by atoms with E-state index in [4.69, 9.17) is 5.73 Å². The summed E-state index contributed by atoms with van der Waals surface area (Å²) < 4.78 is 0. The maximum atomic E-state index is 12.1. The third kappa shape index (κ3) is 3.71. The van der Waals surface area contributed by atoms with Gasteiger partial charge >= 0.3 is 0 Å². The number of nitrogens with one attached hydrogen (secondary N) is 2. The number of carbonyl (C=O) groups excluding carboxylic acids is 2. The normalized spacial score (nSPS) is 13.8. The van der Waals surface area contributed by atoms with E-state index in [1.165, 1.54) is 0 Å². The van der Waals surface area contributed by atoms with Gasteiger partial charge in [0.1, 0.15) is 0 Å². The molecule has 1 aliphatic heterocycles. The van der Waals surface area contributed by atoms with Gasteiger partial charge in [-0.2, -0.15) is 0 Å². The molecule has 0 spiro atoms. The van der Waals surface area contributed by atoms with E-state index in [2.05, 4.69) is 10.6 Å². The Labute approximate surface area is 124 Å². The second-order valence-electron chi connectivity index (χ2n) is 5.46. The number of anilines is 1. The van der Waals surface area contributed by atoms with Gasteiger partial charge < -0.3 is 16.4 Å². The van der Waals surface area contributed by atoms with Crippen LogP contribution < -0.4 is 16.4 Å². The smallest absolute Gasteiger partial charge is 0.251 e. The predicted octanol–water partition coefficient (Wildman–Crippen LogP) is 1.46. The molecule has 1 aromatic rings. The first kappa shape index (κ1) is 16.5. The van der Waals surface area contributed by atoms with Crippen molar-refractivity contribution in [1.29, 1.82) is 0 Å². The minimum atomic E-state index is -0.429. The zero-order valence-electron chi connectivity index (χ0n) is 11.7. The predicted molar refractivity (Wildman–Crippen MR) is 81.2 cm³/mol. The number of fused-ring (bicyclic) bond motifs is 1. The Morgan fingerprint density at radius 2 is 2.10 bits per heavy atom. The maximum absolute atomic E-state index is 12.1. The van der Waals surface area contributed by atoms with E-state index in [0.29, 0.717) is 24.9 Å².